The lowest BCUT2D eigenvalue weighted by molar-refractivity contribution is 0.282. The van der Waals surface area contributed by atoms with Gasteiger partial charge in [0.1, 0.15) is 0 Å². The van der Waals surface area contributed by atoms with Crippen molar-refractivity contribution in [1.29, 1.82) is 0 Å². The molecule has 0 radical (unpaired) electrons. The van der Waals surface area contributed by atoms with Gasteiger partial charge in [-0.25, -0.2) is 0 Å². The van der Waals surface area contributed by atoms with Gasteiger partial charge >= 0.3 is 0 Å². The monoisotopic (exact) mass is 325 g/mol. The molecule has 2 N–H and O–H groups in total. The Hall–Kier alpha value is -3.24. The summed E-state index contributed by atoms with van der Waals surface area (Å²) in [6.07, 6.45) is 3.66. The number of rotatable bonds is 2. The summed E-state index contributed by atoms with van der Waals surface area (Å²) in [5, 5.41) is 12.7. The molecule has 3 aromatic heterocycles. The summed E-state index contributed by atoms with van der Waals surface area (Å²) in [6, 6.07) is 18.1. The van der Waals surface area contributed by atoms with Crippen LogP contribution in [0.25, 0.3) is 44.0 Å². The first-order valence-electron chi connectivity index (χ1n) is 8.19. The first kappa shape index (κ1) is 14.1. The van der Waals surface area contributed by atoms with Crippen molar-refractivity contribution in [3.63, 3.8) is 0 Å². The van der Waals surface area contributed by atoms with Crippen LogP contribution in [0.15, 0.2) is 67.0 Å². The zero-order valence-corrected chi connectivity index (χ0v) is 13.4. The minimum Gasteiger partial charge on any atom is -0.392 e. The number of aliphatic hydroxyl groups is 1. The fourth-order valence-corrected chi connectivity index (χ4v) is 3.48. The Labute approximate surface area is 143 Å². The van der Waals surface area contributed by atoms with E-state index in [9.17, 15) is 5.11 Å². The van der Waals surface area contributed by atoms with Crippen molar-refractivity contribution in [2.45, 2.75) is 6.61 Å². The molecule has 0 aliphatic carbocycles. The molecule has 4 heteroatoms. The molecule has 5 rings (SSSR count). The number of nitrogens with one attached hydrogen (secondary N) is 1. The molecule has 0 bridgehead atoms. The van der Waals surface area contributed by atoms with E-state index < -0.39 is 0 Å². The third-order valence-electron chi connectivity index (χ3n) is 4.67. The van der Waals surface area contributed by atoms with Crippen LogP contribution < -0.4 is 0 Å². The van der Waals surface area contributed by atoms with Gasteiger partial charge in [-0.05, 0) is 35.9 Å². The summed E-state index contributed by atoms with van der Waals surface area (Å²) in [7, 11) is 0. The van der Waals surface area contributed by atoms with Gasteiger partial charge in [0.05, 0.1) is 23.3 Å². The number of fused-ring (bicyclic) bond motifs is 4. The maximum atomic E-state index is 9.43. The number of hydrogen-bond acceptors (Lipinski definition) is 3. The van der Waals surface area contributed by atoms with E-state index in [2.05, 4.69) is 21.0 Å². The molecule has 0 saturated carbocycles. The standard InChI is InChI=1S/C21H15N3O/c25-12-13-5-6-19-17(11-13)16-8-10-23-20(21(16)24-19)15-7-9-22-18-4-2-1-3-14(15)18/h1-11,24-25H,12H2. The van der Waals surface area contributed by atoms with Gasteiger partial charge in [0.2, 0.25) is 0 Å². The molecule has 0 spiro atoms. The van der Waals surface area contributed by atoms with Crippen LogP contribution in [0.1, 0.15) is 5.56 Å². The van der Waals surface area contributed by atoms with E-state index in [-0.39, 0.29) is 6.61 Å². The fourth-order valence-electron chi connectivity index (χ4n) is 3.48. The summed E-state index contributed by atoms with van der Waals surface area (Å²) < 4.78 is 0. The second kappa shape index (κ2) is 5.40. The van der Waals surface area contributed by atoms with Crippen molar-refractivity contribution < 1.29 is 5.11 Å². The molecule has 0 atom stereocenters. The molecule has 0 fully saturated rings. The zero-order chi connectivity index (χ0) is 16.8. The zero-order valence-electron chi connectivity index (χ0n) is 13.4. The molecule has 120 valence electrons. The van der Waals surface area contributed by atoms with E-state index in [0.29, 0.717) is 0 Å². The molecule has 5 aromatic rings. The minimum absolute atomic E-state index is 0.0372. The number of H-pyrrole nitrogens is 1. The summed E-state index contributed by atoms with van der Waals surface area (Å²) in [5.41, 5.74) is 5.88. The average molecular weight is 325 g/mol. The first-order chi connectivity index (χ1) is 12.3. The lowest BCUT2D eigenvalue weighted by Crippen LogP contribution is -1.88. The highest BCUT2D eigenvalue weighted by Gasteiger charge is 2.13. The molecule has 0 amide bonds. The number of benzene rings is 2. The molecule has 4 nitrogen and oxygen atoms in total. The van der Waals surface area contributed by atoms with Crippen molar-refractivity contribution in [2.75, 3.05) is 0 Å². The molecule has 0 aliphatic rings. The number of aromatic nitrogens is 3. The predicted molar refractivity (Wildman–Crippen MR) is 100 cm³/mol. The quantitative estimate of drug-likeness (QED) is 0.505. The van der Waals surface area contributed by atoms with E-state index in [1.165, 1.54) is 0 Å². The van der Waals surface area contributed by atoms with Gasteiger partial charge in [0, 0.05) is 39.6 Å². The molecule has 25 heavy (non-hydrogen) atoms. The topological polar surface area (TPSA) is 61.8 Å². The van der Waals surface area contributed by atoms with Gasteiger partial charge in [-0.15, -0.1) is 0 Å². The predicted octanol–water partition coefficient (Wildman–Crippen LogP) is 4.42. The summed E-state index contributed by atoms with van der Waals surface area (Å²) in [6.45, 7) is 0.0372. The Kier molecular flexibility index (Phi) is 3.05. The highest BCUT2D eigenvalue weighted by Crippen LogP contribution is 2.34. The van der Waals surface area contributed by atoms with Crippen LogP contribution in [0.3, 0.4) is 0 Å². The van der Waals surface area contributed by atoms with Gasteiger partial charge in [0.25, 0.3) is 0 Å². The first-order valence-corrected chi connectivity index (χ1v) is 8.19. The Morgan fingerprint density at radius 1 is 0.840 bits per heavy atom. The van der Waals surface area contributed by atoms with Crippen LogP contribution in [-0.2, 0) is 6.61 Å². The Morgan fingerprint density at radius 2 is 1.72 bits per heavy atom. The number of aromatic amines is 1. The van der Waals surface area contributed by atoms with E-state index in [0.717, 1.165) is 49.5 Å². The van der Waals surface area contributed by atoms with Gasteiger partial charge in [-0.1, -0.05) is 24.3 Å². The molecule has 3 heterocycles. The van der Waals surface area contributed by atoms with Crippen LogP contribution >= 0.6 is 0 Å². The molecule has 2 aromatic carbocycles. The highest BCUT2D eigenvalue weighted by atomic mass is 16.3. The van der Waals surface area contributed by atoms with Crippen molar-refractivity contribution in [3.05, 3.63) is 72.6 Å². The van der Waals surface area contributed by atoms with E-state index >= 15 is 0 Å². The molecule has 0 unspecified atom stereocenters. The van der Waals surface area contributed by atoms with Crippen LogP contribution in [0.2, 0.25) is 0 Å². The van der Waals surface area contributed by atoms with Crippen LogP contribution in [0.4, 0.5) is 0 Å². The molecule has 0 saturated heterocycles. The van der Waals surface area contributed by atoms with E-state index in [4.69, 9.17) is 0 Å². The average Bonchev–Trinajstić information content (AvgIpc) is 3.05. The van der Waals surface area contributed by atoms with Crippen molar-refractivity contribution >= 4 is 32.7 Å². The van der Waals surface area contributed by atoms with Crippen LogP contribution in [-0.4, -0.2) is 20.1 Å². The smallest absolute Gasteiger partial charge is 0.0950 e. The number of para-hydroxylation sites is 1. The lowest BCUT2D eigenvalue weighted by Gasteiger charge is -2.06. The van der Waals surface area contributed by atoms with Crippen LogP contribution in [0, 0.1) is 0 Å². The third kappa shape index (κ3) is 2.12. The summed E-state index contributed by atoms with van der Waals surface area (Å²) in [5.74, 6) is 0. The van der Waals surface area contributed by atoms with E-state index in [1.54, 1.807) is 0 Å². The molecule has 0 aliphatic heterocycles. The largest absolute Gasteiger partial charge is 0.392 e. The maximum absolute atomic E-state index is 9.43. The summed E-state index contributed by atoms with van der Waals surface area (Å²) in [4.78, 5) is 12.6. The van der Waals surface area contributed by atoms with Crippen molar-refractivity contribution in [1.82, 2.24) is 15.0 Å². The number of aliphatic hydroxyl groups excluding tert-OH is 1. The Bertz CT molecular complexity index is 1230. The van der Waals surface area contributed by atoms with Gasteiger partial charge in [0.15, 0.2) is 0 Å². The van der Waals surface area contributed by atoms with E-state index in [1.807, 2.05) is 60.9 Å². The van der Waals surface area contributed by atoms with Crippen molar-refractivity contribution in [2.24, 2.45) is 0 Å². The summed E-state index contributed by atoms with van der Waals surface area (Å²) >= 11 is 0. The molecular formula is C21H15N3O. The number of pyridine rings is 2. The van der Waals surface area contributed by atoms with Gasteiger partial charge in [-0.2, -0.15) is 0 Å². The Morgan fingerprint density at radius 3 is 2.64 bits per heavy atom. The van der Waals surface area contributed by atoms with Gasteiger partial charge < -0.3 is 10.1 Å². The Balaban J connectivity index is 1.87. The third-order valence-corrected chi connectivity index (χ3v) is 4.67. The second-order valence-corrected chi connectivity index (χ2v) is 6.12. The second-order valence-electron chi connectivity index (χ2n) is 6.12. The van der Waals surface area contributed by atoms with Crippen LogP contribution in [0.5, 0.6) is 0 Å². The molecular weight excluding hydrogens is 310 g/mol. The van der Waals surface area contributed by atoms with Crippen molar-refractivity contribution in [3.8, 4) is 11.3 Å². The highest BCUT2D eigenvalue weighted by molar-refractivity contribution is 6.12. The number of nitrogens with zero attached hydrogens (tertiary/aromatic N) is 2. The SMILES string of the molecule is OCc1ccc2[nH]c3c(-c4ccnc5ccccc45)nccc3c2c1. The lowest BCUT2D eigenvalue weighted by atomic mass is 10.0. The number of hydrogen-bond donors (Lipinski definition) is 2. The maximum Gasteiger partial charge on any atom is 0.0950 e. The normalized spacial score (nSPS) is 11.6. The minimum atomic E-state index is 0.0372. The van der Waals surface area contributed by atoms with Gasteiger partial charge in [-0.3, -0.25) is 9.97 Å². The fraction of sp³-hybridized carbons (Fsp3) is 0.0476.